The van der Waals surface area contributed by atoms with Gasteiger partial charge in [-0.1, -0.05) is 30.3 Å². The Bertz CT molecular complexity index is 962. The summed E-state index contributed by atoms with van der Waals surface area (Å²) >= 11 is 1.33. The molecular weight excluding hydrogens is 438 g/mol. The van der Waals surface area contributed by atoms with Crippen LogP contribution in [0.25, 0.3) is 0 Å². The number of carboxylic acids is 1. The maximum absolute atomic E-state index is 12.7. The first kappa shape index (κ1) is 21.9. The van der Waals surface area contributed by atoms with E-state index in [0.29, 0.717) is 23.6 Å². The minimum atomic E-state index is -1.27. The number of carboxylic acid groups (broad SMARTS) is 1. The van der Waals surface area contributed by atoms with Crippen molar-refractivity contribution in [2.24, 2.45) is 5.28 Å². The summed E-state index contributed by atoms with van der Waals surface area (Å²) < 4.78 is 0. The zero-order chi connectivity index (χ0) is 22.7. The van der Waals surface area contributed by atoms with E-state index in [0.717, 1.165) is 23.3 Å². The van der Waals surface area contributed by atoms with Crippen LogP contribution in [0.3, 0.4) is 0 Å². The van der Waals surface area contributed by atoms with Crippen LogP contribution in [0.1, 0.15) is 18.4 Å². The maximum Gasteiger partial charge on any atom is 0.352 e. The first-order valence-electron chi connectivity index (χ1n) is 10.2. The Kier molecular flexibility index (Phi) is 6.49. The minimum Gasteiger partial charge on any atom is -0.569 e. The normalized spacial score (nSPS) is 23.0. The summed E-state index contributed by atoms with van der Waals surface area (Å²) in [6.07, 6.45) is 1.94. The third-order valence-electron chi connectivity index (χ3n) is 5.46. The van der Waals surface area contributed by atoms with Crippen molar-refractivity contribution in [3.8, 4) is 0 Å². The van der Waals surface area contributed by atoms with Crippen molar-refractivity contribution in [1.82, 2.24) is 15.2 Å². The second kappa shape index (κ2) is 9.47. The lowest BCUT2D eigenvalue weighted by molar-refractivity contribution is -0.707. The molecule has 0 bridgehead atoms. The highest BCUT2D eigenvalue weighted by atomic mass is 32.2. The van der Waals surface area contributed by atoms with E-state index in [2.05, 4.69) is 10.6 Å². The van der Waals surface area contributed by atoms with Crippen LogP contribution in [0.4, 0.5) is 0 Å². The number of hydrogen-bond donors (Lipinski definition) is 2. The SMILES string of the molecule is O=C(Cc1ccccc1)N[C@@H]1C(=O)N2C(C(=O)O)=C(CO/N=[N+](\[O-])N3CCCC3)CS[C@H]12. The number of rotatable bonds is 8. The first-order valence-corrected chi connectivity index (χ1v) is 11.3. The number of carbonyl (C=O) groups excluding carboxylic acids is 2. The van der Waals surface area contributed by atoms with Gasteiger partial charge in [0.05, 0.1) is 24.5 Å². The zero-order valence-corrected chi connectivity index (χ0v) is 18.0. The molecule has 0 aromatic heterocycles. The fraction of sp³-hybridized carbons (Fsp3) is 0.450. The molecule has 12 heteroatoms. The molecule has 0 saturated carbocycles. The van der Waals surface area contributed by atoms with Gasteiger partial charge in [0, 0.05) is 11.3 Å². The fourth-order valence-electron chi connectivity index (χ4n) is 3.88. The number of nitrogens with zero attached hydrogens (tertiary/aromatic N) is 4. The summed E-state index contributed by atoms with van der Waals surface area (Å²) in [5.41, 5.74) is 0.987. The third-order valence-corrected chi connectivity index (χ3v) is 6.80. The lowest BCUT2D eigenvalue weighted by Gasteiger charge is -2.49. The van der Waals surface area contributed by atoms with Crippen molar-refractivity contribution in [2.75, 3.05) is 25.4 Å². The van der Waals surface area contributed by atoms with Crippen LogP contribution in [0.2, 0.25) is 0 Å². The van der Waals surface area contributed by atoms with Crippen LogP contribution in [0.15, 0.2) is 46.9 Å². The number of amides is 2. The number of hydrazine groups is 1. The van der Waals surface area contributed by atoms with Gasteiger partial charge in [-0.2, -0.15) is 0 Å². The second-order valence-corrected chi connectivity index (χ2v) is 8.75. The van der Waals surface area contributed by atoms with Crippen molar-refractivity contribution in [1.29, 1.82) is 0 Å². The predicted molar refractivity (Wildman–Crippen MR) is 113 cm³/mol. The molecule has 0 aliphatic carbocycles. The van der Waals surface area contributed by atoms with Crippen LogP contribution in [0, 0.1) is 5.21 Å². The molecule has 2 amide bonds. The van der Waals surface area contributed by atoms with Gasteiger partial charge in [0.2, 0.25) is 11.2 Å². The summed E-state index contributed by atoms with van der Waals surface area (Å²) in [7, 11) is 0. The predicted octanol–water partition coefficient (Wildman–Crippen LogP) is 0.873. The molecule has 1 aromatic carbocycles. The number of aliphatic carboxylic acids is 1. The van der Waals surface area contributed by atoms with E-state index in [9.17, 15) is 24.7 Å². The molecule has 3 aliphatic heterocycles. The molecule has 2 saturated heterocycles. The van der Waals surface area contributed by atoms with Crippen LogP contribution in [-0.2, 0) is 25.6 Å². The number of β-lactam (4-membered cyclic amide) rings is 1. The zero-order valence-electron chi connectivity index (χ0n) is 17.2. The molecule has 32 heavy (non-hydrogen) atoms. The highest BCUT2D eigenvalue weighted by Gasteiger charge is 2.54. The topological polar surface area (TPSA) is 138 Å². The van der Waals surface area contributed by atoms with Gasteiger partial charge < -0.3 is 20.5 Å². The minimum absolute atomic E-state index is 0.132. The van der Waals surface area contributed by atoms with Gasteiger partial charge in [-0.25, -0.2) is 4.79 Å². The summed E-state index contributed by atoms with van der Waals surface area (Å²) in [6.45, 7) is 0.968. The van der Waals surface area contributed by atoms with E-state index in [4.69, 9.17) is 4.84 Å². The van der Waals surface area contributed by atoms with Crippen LogP contribution in [0.5, 0.6) is 0 Å². The van der Waals surface area contributed by atoms with E-state index >= 15 is 0 Å². The monoisotopic (exact) mass is 461 g/mol. The van der Waals surface area contributed by atoms with E-state index < -0.39 is 23.3 Å². The number of fused-ring (bicyclic) bond motifs is 1. The van der Waals surface area contributed by atoms with Crippen molar-refractivity contribution >= 4 is 29.5 Å². The van der Waals surface area contributed by atoms with Gasteiger partial charge in [-0.3, -0.25) is 14.5 Å². The highest BCUT2D eigenvalue weighted by Crippen LogP contribution is 2.40. The van der Waals surface area contributed by atoms with E-state index in [1.54, 1.807) is 0 Å². The number of carbonyl (C=O) groups is 3. The molecule has 0 radical (unpaired) electrons. The molecule has 2 atom stereocenters. The van der Waals surface area contributed by atoms with E-state index in [-0.39, 0.29) is 30.4 Å². The number of nitrogens with one attached hydrogen (secondary N) is 1. The Morgan fingerprint density at radius 1 is 1.28 bits per heavy atom. The Labute approximate surface area is 188 Å². The van der Waals surface area contributed by atoms with Crippen molar-refractivity contribution in [3.63, 3.8) is 0 Å². The lowest BCUT2D eigenvalue weighted by atomic mass is 10.0. The smallest absolute Gasteiger partial charge is 0.352 e. The van der Waals surface area contributed by atoms with Gasteiger partial charge in [-0.05, 0) is 18.4 Å². The summed E-state index contributed by atoms with van der Waals surface area (Å²) in [5.74, 6) is -1.78. The largest absolute Gasteiger partial charge is 0.569 e. The Hall–Kier alpha value is -3.28. The van der Waals surface area contributed by atoms with Crippen molar-refractivity contribution < 1.29 is 29.3 Å². The van der Waals surface area contributed by atoms with Gasteiger partial charge >= 0.3 is 5.97 Å². The number of thioether (sulfide) groups is 1. The molecule has 0 unspecified atom stereocenters. The van der Waals surface area contributed by atoms with Crippen molar-refractivity contribution in [2.45, 2.75) is 30.7 Å². The van der Waals surface area contributed by atoms with Crippen LogP contribution < -0.4 is 5.32 Å². The van der Waals surface area contributed by atoms with E-state index in [1.165, 1.54) is 16.8 Å². The maximum atomic E-state index is 12.7. The van der Waals surface area contributed by atoms with Crippen LogP contribution in [-0.4, -0.2) is 74.6 Å². The fourth-order valence-corrected chi connectivity index (χ4v) is 5.21. The van der Waals surface area contributed by atoms with Gasteiger partial charge in [-0.15, -0.1) is 16.8 Å². The van der Waals surface area contributed by atoms with Gasteiger partial charge in [0.15, 0.2) is 0 Å². The lowest BCUT2D eigenvalue weighted by Crippen LogP contribution is -2.70. The average molecular weight is 462 g/mol. The summed E-state index contributed by atoms with van der Waals surface area (Å²) in [6, 6.07) is 8.35. The average Bonchev–Trinajstić information content (AvgIpc) is 3.32. The van der Waals surface area contributed by atoms with Gasteiger partial charge in [0.1, 0.15) is 23.7 Å². The summed E-state index contributed by atoms with van der Waals surface area (Å²) in [4.78, 5) is 43.5. The molecule has 3 heterocycles. The molecule has 3 aliphatic rings. The van der Waals surface area contributed by atoms with Gasteiger partial charge in [0.25, 0.3) is 5.91 Å². The molecule has 1 aromatic rings. The highest BCUT2D eigenvalue weighted by molar-refractivity contribution is 8.00. The van der Waals surface area contributed by atoms with E-state index in [1.807, 2.05) is 30.3 Å². The third kappa shape index (κ3) is 4.49. The first-order chi connectivity index (χ1) is 15.5. The standard InChI is InChI=1S/C20H23N5O6S/c26-15(10-13-6-2-1-3-7-13)21-16-18(27)24-17(20(28)29)14(12-32-19(16)24)11-31-22-25(30)23-8-4-5-9-23/h1-3,6-7,16,19H,4-5,8-12H2,(H,21,26)(H,28,29)/b25-22-/t16-,19-/m1/s1. The molecule has 4 rings (SSSR count). The second-order valence-electron chi connectivity index (χ2n) is 7.64. The Morgan fingerprint density at radius 2 is 2.00 bits per heavy atom. The Balaban J connectivity index is 1.38. The molecule has 170 valence electrons. The molecule has 0 spiro atoms. The quantitative estimate of drug-likeness (QED) is 0.252. The molecule has 2 fully saturated rings. The van der Waals surface area contributed by atoms with Crippen molar-refractivity contribution in [3.05, 3.63) is 52.4 Å². The number of benzene rings is 1. The number of hydrogen-bond acceptors (Lipinski definition) is 7. The molecule has 2 N–H and O–H groups in total. The summed E-state index contributed by atoms with van der Waals surface area (Å²) in [5, 5.41) is 28.7. The molecule has 11 nitrogen and oxygen atoms in total. The molecular formula is C20H23N5O6S. The van der Waals surface area contributed by atoms with Crippen LogP contribution >= 0.6 is 11.8 Å². The Morgan fingerprint density at radius 3 is 2.69 bits per heavy atom.